The van der Waals surface area contributed by atoms with Crippen LogP contribution < -0.4 is 5.73 Å². The van der Waals surface area contributed by atoms with Gasteiger partial charge in [0.25, 0.3) is 0 Å². The third kappa shape index (κ3) is 3.80. The minimum absolute atomic E-state index is 0.136. The van der Waals surface area contributed by atoms with Crippen molar-refractivity contribution in [3.05, 3.63) is 18.5 Å². The van der Waals surface area contributed by atoms with Gasteiger partial charge in [-0.05, 0) is 19.9 Å². The van der Waals surface area contributed by atoms with Gasteiger partial charge in [0.1, 0.15) is 11.4 Å². The number of nitrogens with zero attached hydrogens (tertiary/aromatic N) is 2. The second-order valence-corrected chi connectivity index (χ2v) is 6.03. The quantitative estimate of drug-likeness (QED) is 0.916. The highest BCUT2D eigenvalue weighted by atomic mass is 32.2. The van der Waals surface area contributed by atoms with Crippen molar-refractivity contribution in [1.82, 2.24) is 9.29 Å². The van der Waals surface area contributed by atoms with Crippen LogP contribution in [0.4, 0.5) is 18.9 Å². The summed E-state index contributed by atoms with van der Waals surface area (Å²) in [6, 6.07) is 0.366. The number of hydrogen-bond acceptors (Lipinski definition) is 4. The summed E-state index contributed by atoms with van der Waals surface area (Å²) in [5, 5.41) is 0. The van der Waals surface area contributed by atoms with Crippen LogP contribution in [0.15, 0.2) is 23.4 Å². The molecule has 108 valence electrons. The van der Waals surface area contributed by atoms with E-state index in [1.165, 1.54) is 26.1 Å². The molecule has 0 unspecified atom stereocenters. The number of sulfonamides is 1. The molecule has 0 fully saturated rings. The highest BCUT2D eigenvalue weighted by Gasteiger charge is 2.39. The Hall–Kier alpha value is -1.35. The summed E-state index contributed by atoms with van der Waals surface area (Å²) >= 11 is 0. The average Bonchev–Trinajstić information content (AvgIpc) is 2.24. The lowest BCUT2D eigenvalue weighted by Gasteiger charge is -2.27. The SMILES string of the molecule is CC(C)N(CC(F)(F)F)S(=O)(=O)c1cnccc1N. The summed E-state index contributed by atoms with van der Waals surface area (Å²) in [5.74, 6) is 0. The Morgan fingerprint density at radius 2 is 2.00 bits per heavy atom. The van der Waals surface area contributed by atoms with Crippen molar-refractivity contribution in [3.63, 3.8) is 0 Å². The minimum Gasteiger partial charge on any atom is -0.398 e. The highest BCUT2D eigenvalue weighted by Crippen LogP contribution is 2.26. The van der Waals surface area contributed by atoms with Crippen molar-refractivity contribution in [2.24, 2.45) is 0 Å². The van der Waals surface area contributed by atoms with Crippen LogP contribution in [0.25, 0.3) is 0 Å². The fraction of sp³-hybridized carbons (Fsp3) is 0.500. The van der Waals surface area contributed by atoms with Gasteiger partial charge in [-0.1, -0.05) is 0 Å². The molecular weight excluding hydrogens is 283 g/mol. The molecule has 0 aromatic carbocycles. The molecule has 0 atom stereocenters. The normalized spacial score (nSPS) is 13.2. The van der Waals surface area contributed by atoms with E-state index in [2.05, 4.69) is 4.98 Å². The van der Waals surface area contributed by atoms with Crippen LogP contribution >= 0.6 is 0 Å². The van der Waals surface area contributed by atoms with Crippen molar-refractivity contribution in [2.45, 2.75) is 31.0 Å². The maximum absolute atomic E-state index is 12.5. The second kappa shape index (κ2) is 5.33. The van der Waals surface area contributed by atoms with Crippen molar-refractivity contribution in [2.75, 3.05) is 12.3 Å². The Balaban J connectivity index is 3.26. The van der Waals surface area contributed by atoms with E-state index in [0.717, 1.165) is 6.20 Å². The van der Waals surface area contributed by atoms with Gasteiger partial charge in [0.15, 0.2) is 0 Å². The van der Waals surface area contributed by atoms with Crippen molar-refractivity contribution < 1.29 is 21.6 Å². The minimum atomic E-state index is -4.63. The lowest BCUT2D eigenvalue weighted by Crippen LogP contribution is -2.43. The predicted molar refractivity (Wildman–Crippen MR) is 63.7 cm³/mol. The van der Waals surface area contributed by atoms with E-state index in [9.17, 15) is 21.6 Å². The molecule has 0 saturated heterocycles. The van der Waals surface area contributed by atoms with Crippen LogP contribution in [0.3, 0.4) is 0 Å². The van der Waals surface area contributed by atoms with E-state index in [0.29, 0.717) is 4.31 Å². The molecular formula is C10H14F3N3O2S. The smallest absolute Gasteiger partial charge is 0.398 e. The summed E-state index contributed by atoms with van der Waals surface area (Å²) in [6.07, 6.45) is -2.43. The van der Waals surface area contributed by atoms with Crippen molar-refractivity contribution in [1.29, 1.82) is 0 Å². The third-order valence-corrected chi connectivity index (χ3v) is 4.38. The van der Waals surface area contributed by atoms with Crippen molar-refractivity contribution in [3.8, 4) is 0 Å². The fourth-order valence-electron chi connectivity index (χ4n) is 1.45. The molecule has 1 rings (SSSR count). The Morgan fingerprint density at radius 3 is 2.42 bits per heavy atom. The average molecular weight is 297 g/mol. The number of anilines is 1. The lowest BCUT2D eigenvalue weighted by atomic mass is 10.4. The number of alkyl halides is 3. The van der Waals surface area contributed by atoms with E-state index >= 15 is 0 Å². The molecule has 19 heavy (non-hydrogen) atoms. The zero-order valence-corrected chi connectivity index (χ0v) is 11.2. The molecule has 9 heteroatoms. The van der Waals surface area contributed by atoms with E-state index in [1.54, 1.807) is 0 Å². The largest absolute Gasteiger partial charge is 0.402 e. The van der Waals surface area contributed by atoms with E-state index < -0.39 is 33.7 Å². The van der Waals surface area contributed by atoms with E-state index in [4.69, 9.17) is 5.73 Å². The van der Waals surface area contributed by atoms with Gasteiger partial charge < -0.3 is 5.73 Å². The molecule has 2 N–H and O–H groups in total. The van der Waals surface area contributed by atoms with Gasteiger partial charge >= 0.3 is 6.18 Å². The maximum atomic E-state index is 12.5. The van der Waals surface area contributed by atoms with Crippen LogP contribution in [0, 0.1) is 0 Å². The number of halogens is 3. The second-order valence-electron chi connectivity index (χ2n) is 4.17. The first-order valence-electron chi connectivity index (χ1n) is 5.34. The third-order valence-electron chi connectivity index (χ3n) is 2.31. The summed E-state index contributed by atoms with van der Waals surface area (Å²) in [5.41, 5.74) is 5.35. The molecule has 0 saturated carbocycles. The Bertz CT molecular complexity index is 543. The Labute approximate surface area is 109 Å². The van der Waals surface area contributed by atoms with Gasteiger partial charge in [-0.25, -0.2) is 8.42 Å². The molecule has 0 aliphatic rings. The van der Waals surface area contributed by atoms with Crippen LogP contribution in [0.5, 0.6) is 0 Å². The van der Waals surface area contributed by atoms with Gasteiger partial charge in [0, 0.05) is 18.4 Å². The number of aromatic nitrogens is 1. The number of hydrogen-bond donors (Lipinski definition) is 1. The predicted octanol–water partition coefficient (Wildman–Crippen LogP) is 1.63. The van der Waals surface area contributed by atoms with Crippen LogP contribution in [-0.4, -0.2) is 36.5 Å². The Morgan fingerprint density at radius 1 is 1.42 bits per heavy atom. The first kappa shape index (κ1) is 15.7. The number of nitrogens with two attached hydrogens (primary N) is 1. The molecule has 1 aromatic heterocycles. The zero-order chi connectivity index (χ0) is 14.8. The first-order valence-corrected chi connectivity index (χ1v) is 6.78. The van der Waals surface area contributed by atoms with Gasteiger partial charge in [-0.15, -0.1) is 0 Å². The summed E-state index contributed by atoms with van der Waals surface area (Å²) in [7, 11) is -4.34. The zero-order valence-electron chi connectivity index (χ0n) is 10.3. The molecule has 0 bridgehead atoms. The monoisotopic (exact) mass is 297 g/mol. The van der Waals surface area contributed by atoms with Crippen molar-refractivity contribution >= 4 is 15.7 Å². The molecule has 0 spiro atoms. The Kier molecular flexibility index (Phi) is 4.41. The van der Waals surface area contributed by atoms with Gasteiger partial charge in [0.2, 0.25) is 10.0 Å². The van der Waals surface area contributed by atoms with Gasteiger partial charge in [-0.3, -0.25) is 4.98 Å². The summed E-state index contributed by atoms with van der Waals surface area (Å²) in [4.78, 5) is 3.16. The maximum Gasteiger partial charge on any atom is 0.402 e. The lowest BCUT2D eigenvalue weighted by molar-refractivity contribution is -0.138. The van der Waals surface area contributed by atoms with Gasteiger partial charge in [0.05, 0.1) is 5.69 Å². The van der Waals surface area contributed by atoms with Gasteiger partial charge in [-0.2, -0.15) is 17.5 Å². The standard InChI is InChI=1S/C10H14F3N3O2S/c1-7(2)16(6-10(11,12)13)19(17,18)9-5-15-4-3-8(9)14/h3-5,7H,6H2,1-2H3,(H2,14,15). The van der Waals surface area contributed by atoms with Crippen LogP contribution in [-0.2, 0) is 10.0 Å². The molecule has 0 aliphatic heterocycles. The molecule has 1 aromatic rings. The molecule has 0 aliphatic carbocycles. The molecule has 1 heterocycles. The van der Waals surface area contributed by atoms with E-state index in [-0.39, 0.29) is 5.69 Å². The number of rotatable bonds is 4. The van der Waals surface area contributed by atoms with Crippen LogP contribution in [0.1, 0.15) is 13.8 Å². The number of pyridine rings is 1. The fourth-order valence-corrected chi connectivity index (χ4v) is 3.14. The summed E-state index contributed by atoms with van der Waals surface area (Å²) < 4.78 is 62.1. The summed E-state index contributed by atoms with van der Waals surface area (Å²) in [6.45, 7) is 1.15. The first-order chi connectivity index (χ1) is 8.55. The van der Waals surface area contributed by atoms with Crippen LogP contribution in [0.2, 0.25) is 0 Å². The molecule has 0 radical (unpaired) electrons. The highest BCUT2D eigenvalue weighted by molar-refractivity contribution is 7.89. The van der Waals surface area contributed by atoms with E-state index in [1.807, 2.05) is 0 Å². The number of nitrogen functional groups attached to an aromatic ring is 1. The molecule has 5 nitrogen and oxygen atoms in total. The topological polar surface area (TPSA) is 76.3 Å². The molecule has 0 amide bonds.